The molecule has 0 spiro atoms. The molecule has 0 bridgehead atoms. The molecule has 0 saturated carbocycles. The minimum atomic E-state index is -0.963. The summed E-state index contributed by atoms with van der Waals surface area (Å²) in [5, 5.41) is 15.1. The van der Waals surface area contributed by atoms with Crippen molar-refractivity contribution < 1.29 is 28.8 Å². The third-order valence-electron chi connectivity index (χ3n) is 5.57. The van der Waals surface area contributed by atoms with Gasteiger partial charge in [0.05, 0.1) is 35.2 Å². The molecule has 2 aliphatic rings. The lowest BCUT2D eigenvalue weighted by Crippen LogP contribution is -2.36. The van der Waals surface area contributed by atoms with Gasteiger partial charge in [-0.05, 0) is 32.8 Å². The number of hydrogen-bond acceptors (Lipinski definition) is 10. The highest BCUT2D eigenvalue weighted by Crippen LogP contribution is 2.41. The van der Waals surface area contributed by atoms with Crippen molar-refractivity contribution in [1.82, 2.24) is 10.2 Å². The number of nitrogens with one attached hydrogen (secondary N) is 1. The molecule has 1 amide bonds. The minimum Gasteiger partial charge on any atom is -0.463 e. The lowest BCUT2D eigenvalue weighted by atomic mass is 9.80. The summed E-state index contributed by atoms with van der Waals surface area (Å²) in [6.45, 7) is 6.35. The van der Waals surface area contributed by atoms with Crippen LogP contribution in [0.25, 0.3) is 0 Å². The SMILES string of the molecule is CCOC(=O)C1=C(C)NC(CSC2=NCCCN2C=O)=C(C(=O)OCC)C1c1cccc([N+](=O)[O-])c1. The van der Waals surface area contributed by atoms with Crippen LogP contribution >= 0.6 is 11.8 Å². The van der Waals surface area contributed by atoms with Gasteiger partial charge in [-0.1, -0.05) is 23.9 Å². The van der Waals surface area contributed by atoms with Gasteiger partial charge in [-0.25, -0.2) is 9.59 Å². The number of non-ortho nitro benzene ring substituents is 1. The van der Waals surface area contributed by atoms with E-state index in [0.29, 0.717) is 35.2 Å². The Hall–Kier alpha value is -3.67. The van der Waals surface area contributed by atoms with Gasteiger partial charge in [0.2, 0.25) is 6.41 Å². The highest BCUT2D eigenvalue weighted by atomic mass is 32.2. The molecule has 2 heterocycles. The van der Waals surface area contributed by atoms with Crippen LogP contribution in [-0.4, -0.2) is 65.4 Å². The van der Waals surface area contributed by atoms with Crippen molar-refractivity contribution in [2.24, 2.45) is 4.99 Å². The van der Waals surface area contributed by atoms with Crippen molar-refractivity contribution in [2.75, 3.05) is 32.1 Å². The van der Waals surface area contributed by atoms with E-state index in [1.807, 2.05) is 0 Å². The molecule has 0 fully saturated rings. The molecular formula is C24H28N4O7S. The Bertz CT molecular complexity index is 1150. The lowest BCUT2D eigenvalue weighted by molar-refractivity contribution is -0.384. The first-order valence-corrected chi connectivity index (χ1v) is 12.5. The van der Waals surface area contributed by atoms with Gasteiger partial charge in [-0.2, -0.15) is 0 Å². The van der Waals surface area contributed by atoms with E-state index in [2.05, 4.69) is 10.3 Å². The van der Waals surface area contributed by atoms with Gasteiger partial charge in [0.15, 0.2) is 5.17 Å². The zero-order valence-corrected chi connectivity index (χ0v) is 21.1. The van der Waals surface area contributed by atoms with E-state index in [4.69, 9.17) is 9.47 Å². The number of nitrogens with zero attached hydrogens (tertiary/aromatic N) is 3. The largest absolute Gasteiger partial charge is 0.463 e. The molecule has 0 aromatic heterocycles. The summed E-state index contributed by atoms with van der Waals surface area (Å²) in [5.41, 5.74) is 1.42. The van der Waals surface area contributed by atoms with E-state index in [0.717, 1.165) is 12.8 Å². The Morgan fingerprint density at radius 1 is 1.25 bits per heavy atom. The third-order valence-corrected chi connectivity index (χ3v) is 6.63. The summed E-state index contributed by atoms with van der Waals surface area (Å²) in [5.74, 6) is -2.05. The Labute approximate surface area is 212 Å². The van der Waals surface area contributed by atoms with E-state index in [1.165, 1.54) is 34.9 Å². The zero-order valence-electron chi connectivity index (χ0n) is 20.3. The van der Waals surface area contributed by atoms with E-state index >= 15 is 0 Å². The second-order valence-electron chi connectivity index (χ2n) is 7.89. The first-order chi connectivity index (χ1) is 17.3. The molecule has 0 aliphatic carbocycles. The minimum absolute atomic E-state index is 0.0908. The van der Waals surface area contributed by atoms with Gasteiger partial charge >= 0.3 is 11.9 Å². The monoisotopic (exact) mass is 516 g/mol. The lowest BCUT2D eigenvalue weighted by Gasteiger charge is -2.32. The number of benzene rings is 1. The van der Waals surface area contributed by atoms with Crippen LogP contribution in [0.2, 0.25) is 0 Å². The number of nitro benzene ring substituents is 1. The van der Waals surface area contributed by atoms with E-state index in [1.54, 1.807) is 26.8 Å². The fourth-order valence-electron chi connectivity index (χ4n) is 4.06. The van der Waals surface area contributed by atoms with Crippen molar-refractivity contribution in [2.45, 2.75) is 33.1 Å². The van der Waals surface area contributed by atoms with Crippen molar-refractivity contribution in [3.05, 3.63) is 62.5 Å². The van der Waals surface area contributed by atoms with Gasteiger partial charge < -0.3 is 14.8 Å². The van der Waals surface area contributed by atoms with Crippen molar-refractivity contribution in [1.29, 1.82) is 0 Å². The molecule has 192 valence electrons. The molecule has 1 unspecified atom stereocenters. The summed E-state index contributed by atoms with van der Waals surface area (Å²) in [7, 11) is 0. The smallest absolute Gasteiger partial charge is 0.336 e. The number of amidine groups is 1. The maximum atomic E-state index is 13.3. The van der Waals surface area contributed by atoms with E-state index in [-0.39, 0.29) is 35.8 Å². The number of carbonyl (C=O) groups excluding carboxylic acids is 3. The number of esters is 2. The average Bonchev–Trinajstić information content (AvgIpc) is 2.87. The normalized spacial score (nSPS) is 17.8. The van der Waals surface area contributed by atoms with Crippen LogP contribution in [-0.2, 0) is 23.9 Å². The van der Waals surface area contributed by atoms with Crippen LogP contribution in [0.3, 0.4) is 0 Å². The number of amides is 1. The van der Waals surface area contributed by atoms with Crippen LogP contribution < -0.4 is 5.32 Å². The van der Waals surface area contributed by atoms with E-state index < -0.39 is 22.8 Å². The van der Waals surface area contributed by atoms with Crippen molar-refractivity contribution >= 4 is 41.0 Å². The number of aliphatic imine (C=N–C) groups is 1. The maximum absolute atomic E-state index is 13.3. The molecule has 0 saturated heterocycles. The number of allylic oxidation sites excluding steroid dienone is 1. The van der Waals surface area contributed by atoms with Crippen LogP contribution in [0.1, 0.15) is 38.7 Å². The van der Waals surface area contributed by atoms with E-state index in [9.17, 15) is 24.5 Å². The number of thioether (sulfide) groups is 1. The molecule has 3 rings (SSSR count). The molecule has 11 nitrogen and oxygen atoms in total. The van der Waals surface area contributed by atoms with Gasteiger partial charge in [0.25, 0.3) is 5.69 Å². The topological polar surface area (TPSA) is 140 Å². The molecule has 1 N–H and O–H groups in total. The number of hydrogen-bond donors (Lipinski definition) is 1. The molecule has 12 heteroatoms. The fraction of sp³-hybridized carbons (Fsp3) is 0.417. The Balaban J connectivity index is 2.14. The number of nitro groups is 1. The van der Waals surface area contributed by atoms with Gasteiger partial charge in [0.1, 0.15) is 0 Å². The second-order valence-corrected chi connectivity index (χ2v) is 8.83. The second kappa shape index (κ2) is 12.3. The number of carbonyl (C=O) groups is 3. The predicted molar refractivity (Wildman–Crippen MR) is 134 cm³/mol. The summed E-state index contributed by atoms with van der Waals surface area (Å²) < 4.78 is 10.6. The first-order valence-electron chi connectivity index (χ1n) is 11.5. The fourth-order valence-corrected chi connectivity index (χ4v) is 5.04. The van der Waals surface area contributed by atoms with Crippen LogP contribution in [0, 0.1) is 10.1 Å². The first kappa shape index (κ1) is 26.9. The van der Waals surface area contributed by atoms with Gasteiger partial charge in [0, 0.05) is 42.4 Å². The van der Waals surface area contributed by atoms with Gasteiger partial charge in [-0.3, -0.25) is 24.8 Å². The molecular weight excluding hydrogens is 488 g/mol. The van der Waals surface area contributed by atoms with Crippen LogP contribution in [0.4, 0.5) is 5.69 Å². The number of ether oxygens (including phenoxy) is 2. The molecule has 1 atom stereocenters. The zero-order chi connectivity index (χ0) is 26.2. The summed E-state index contributed by atoms with van der Waals surface area (Å²) in [4.78, 5) is 54.6. The van der Waals surface area contributed by atoms with Crippen molar-refractivity contribution in [3.63, 3.8) is 0 Å². The van der Waals surface area contributed by atoms with Crippen LogP contribution in [0.15, 0.2) is 51.8 Å². The summed E-state index contributed by atoms with van der Waals surface area (Å²) in [6.07, 6.45) is 1.48. The predicted octanol–water partition coefficient (Wildman–Crippen LogP) is 2.89. The summed E-state index contributed by atoms with van der Waals surface area (Å²) >= 11 is 1.27. The quantitative estimate of drug-likeness (QED) is 0.227. The molecule has 36 heavy (non-hydrogen) atoms. The third kappa shape index (κ3) is 5.93. The Kier molecular flexibility index (Phi) is 9.23. The van der Waals surface area contributed by atoms with Gasteiger partial charge in [-0.15, -0.1) is 0 Å². The number of rotatable bonds is 9. The highest BCUT2D eigenvalue weighted by molar-refractivity contribution is 8.14. The highest BCUT2D eigenvalue weighted by Gasteiger charge is 2.39. The maximum Gasteiger partial charge on any atom is 0.336 e. The average molecular weight is 517 g/mol. The van der Waals surface area contributed by atoms with Crippen molar-refractivity contribution in [3.8, 4) is 0 Å². The summed E-state index contributed by atoms with van der Waals surface area (Å²) in [6, 6.07) is 5.80. The standard InChI is InChI=1S/C24H28N4O7S/c1-4-34-22(30)19-15(3)26-18(13-36-24-25-10-7-11-27(24)14-29)21(23(31)35-5-2)20(19)16-8-6-9-17(12-16)28(32)33/h6,8-9,12,14,20,26H,4-5,7,10-11,13H2,1-3H3. The Morgan fingerprint density at radius 2 is 1.94 bits per heavy atom. The molecule has 0 radical (unpaired) electrons. The number of dihydropyridines is 1. The molecule has 1 aromatic carbocycles. The molecule has 1 aromatic rings. The molecule has 2 aliphatic heterocycles. The van der Waals surface area contributed by atoms with Crippen LogP contribution in [0.5, 0.6) is 0 Å². The Morgan fingerprint density at radius 3 is 2.58 bits per heavy atom.